The molecule has 0 aliphatic rings. The predicted octanol–water partition coefficient (Wildman–Crippen LogP) is 5.09. The normalized spacial score (nSPS) is 12.2. The zero-order valence-corrected chi connectivity index (χ0v) is 23.9. The number of nitrogens with one attached hydrogen (secondary N) is 1. The number of amides is 2. The third-order valence-electron chi connectivity index (χ3n) is 5.97. The van der Waals surface area contributed by atoms with E-state index in [4.69, 9.17) is 11.6 Å². The van der Waals surface area contributed by atoms with Crippen LogP contribution in [-0.2, 0) is 26.2 Å². The minimum absolute atomic E-state index is 0.0711. The molecule has 0 aromatic heterocycles. The van der Waals surface area contributed by atoms with Crippen molar-refractivity contribution in [1.29, 1.82) is 0 Å². The highest BCUT2D eigenvalue weighted by Gasteiger charge is 2.32. The number of carbonyl (C=O) groups excluding carboxylic acids is 2. The maximum atomic E-state index is 13.9. The molecule has 3 aromatic rings. The van der Waals surface area contributed by atoms with Gasteiger partial charge in [-0.25, -0.2) is 8.42 Å². The van der Waals surface area contributed by atoms with Gasteiger partial charge < -0.3 is 10.2 Å². The number of halogens is 1. The molecule has 38 heavy (non-hydrogen) atoms. The zero-order valence-electron chi connectivity index (χ0n) is 22.3. The Morgan fingerprint density at radius 3 is 2.03 bits per heavy atom. The topological polar surface area (TPSA) is 86.8 Å². The molecular weight excluding hydrogens is 522 g/mol. The molecule has 9 heteroatoms. The van der Waals surface area contributed by atoms with Crippen molar-refractivity contribution < 1.29 is 18.0 Å². The third-order valence-corrected chi connectivity index (χ3v) is 8.01. The van der Waals surface area contributed by atoms with Gasteiger partial charge >= 0.3 is 0 Å². The second-order valence-electron chi connectivity index (χ2n) is 9.66. The number of hydrogen-bond acceptors (Lipinski definition) is 4. The van der Waals surface area contributed by atoms with Crippen LogP contribution in [0.1, 0.15) is 37.5 Å². The second-order valence-corrected chi connectivity index (χ2v) is 12.0. The highest BCUT2D eigenvalue weighted by Crippen LogP contribution is 2.26. The molecule has 0 bridgehead atoms. The van der Waals surface area contributed by atoms with E-state index in [0.29, 0.717) is 10.7 Å². The molecule has 1 atom stereocenters. The molecule has 0 saturated heterocycles. The first-order valence-electron chi connectivity index (χ1n) is 12.4. The Kier molecular flexibility index (Phi) is 9.57. The lowest BCUT2D eigenvalue weighted by Gasteiger charge is -2.32. The Balaban J connectivity index is 2.05. The van der Waals surface area contributed by atoms with Gasteiger partial charge in [0.25, 0.3) is 10.0 Å². The fraction of sp³-hybridized carbons (Fsp3) is 0.310. The summed E-state index contributed by atoms with van der Waals surface area (Å²) in [5.41, 5.74) is 2.87. The van der Waals surface area contributed by atoms with E-state index < -0.39 is 28.5 Å². The number of rotatable bonds is 10. The van der Waals surface area contributed by atoms with E-state index in [1.165, 1.54) is 17.0 Å². The van der Waals surface area contributed by atoms with Crippen LogP contribution in [0.25, 0.3) is 0 Å². The second kappa shape index (κ2) is 12.5. The van der Waals surface area contributed by atoms with Crippen molar-refractivity contribution in [2.45, 2.75) is 58.1 Å². The minimum Gasteiger partial charge on any atom is -0.352 e. The maximum absolute atomic E-state index is 13.9. The van der Waals surface area contributed by atoms with Crippen molar-refractivity contribution in [2.24, 2.45) is 0 Å². The van der Waals surface area contributed by atoms with E-state index in [2.05, 4.69) is 5.32 Å². The molecule has 3 aromatic carbocycles. The van der Waals surface area contributed by atoms with Gasteiger partial charge in [-0.1, -0.05) is 48.0 Å². The van der Waals surface area contributed by atoms with Crippen LogP contribution < -0.4 is 9.62 Å². The lowest BCUT2D eigenvalue weighted by atomic mass is 10.1. The molecule has 0 aliphatic heterocycles. The van der Waals surface area contributed by atoms with Crippen molar-refractivity contribution in [3.8, 4) is 0 Å². The van der Waals surface area contributed by atoms with Gasteiger partial charge in [-0.3, -0.25) is 13.9 Å². The van der Waals surface area contributed by atoms with Crippen LogP contribution in [0, 0.1) is 13.8 Å². The molecule has 0 spiro atoms. The van der Waals surface area contributed by atoms with Crippen LogP contribution in [0.3, 0.4) is 0 Å². The van der Waals surface area contributed by atoms with Crippen molar-refractivity contribution in [3.63, 3.8) is 0 Å². The average Bonchev–Trinajstić information content (AvgIpc) is 2.85. The highest BCUT2D eigenvalue weighted by molar-refractivity contribution is 7.92. The lowest BCUT2D eigenvalue weighted by Crippen LogP contribution is -2.52. The van der Waals surface area contributed by atoms with Crippen LogP contribution in [0.5, 0.6) is 0 Å². The van der Waals surface area contributed by atoms with Gasteiger partial charge in [-0.15, -0.1) is 0 Å². The average molecular weight is 556 g/mol. The molecule has 0 unspecified atom stereocenters. The molecule has 0 heterocycles. The number of hydrogen-bond donors (Lipinski definition) is 1. The summed E-state index contributed by atoms with van der Waals surface area (Å²) >= 11 is 6.03. The van der Waals surface area contributed by atoms with Crippen LogP contribution in [-0.4, -0.2) is 43.8 Å². The molecule has 7 nitrogen and oxygen atoms in total. The van der Waals surface area contributed by atoms with Crippen LogP contribution in [0.15, 0.2) is 77.7 Å². The lowest BCUT2D eigenvalue weighted by molar-refractivity contribution is -0.139. The Labute approximate surface area is 230 Å². The Morgan fingerprint density at radius 2 is 1.47 bits per heavy atom. The summed E-state index contributed by atoms with van der Waals surface area (Å²) in [6, 6.07) is 19.4. The summed E-state index contributed by atoms with van der Waals surface area (Å²) in [7, 11) is -4.09. The summed E-state index contributed by atoms with van der Waals surface area (Å²) in [5.74, 6) is -0.837. The molecule has 0 saturated carbocycles. The van der Waals surface area contributed by atoms with Crippen molar-refractivity contribution in [1.82, 2.24) is 10.2 Å². The van der Waals surface area contributed by atoms with Gasteiger partial charge in [0.1, 0.15) is 12.6 Å². The van der Waals surface area contributed by atoms with Crippen molar-refractivity contribution in [2.75, 3.05) is 10.8 Å². The van der Waals surface area contributed by atoms with E-state index in [-0.39, 0.29) is 23.4 Å². The van der Waals surface area contributed by atoms with E-state index >= 15 is 0 Å². The Hall–Kier alpha value is -3.36. The molecule has 0 aliphatic carbocycles. The van der Waals surface area contributed by atoms with Crippen molar-refractivity contribution in [3.05, 3.63) is 94.5 Å². The fourth-order valence-corrected chi connectivity index (χ4v) is 5.66. The fourth-order valence-electron chi connectivity index (χ4n) is 4.12. The highest BCUT2D eigenvalue weighted by atomic mass is 35.5. The van der Waals surface area contributed by atoms with Crippen LogP contribution in [0.4, 0.5) is 5.69 Å². The summed E-state index contributed by atoms with van der Waals surface area (Å²) in [4.78, 5) is 28.3. The van der Waals surface area contributed by atoms with Gasteiger partial charge in [0.2, 0.25) is 11.8 Å². The first-order chi connectivity index (χ1) is 17.9. The van der Waals surface area contributed by atoms with Crippen LogP contribution in [0.2, 0.25) is 5.02 Å². The van der Waals surface area contributed by atoms with Gasteiger partial charge in [-0.2, -0.15) is 0 Å². The summed E-state index contributed by atoms with van der Waals surface area (Å²) in [6.07, 6.45) is 0. The number of sulfonamides is 1. The Morgan fingerprint density at radius 1 is 0.895 bits per heavy atom. The van der Waals surface area contributed by atoms with Gasteiger partial charge in [0, 0.05) is 17.6 Å². The molecule has 2 amide bonds. The van der Waals surface area contributed by atoms with E-state index in [1.54, 1.807) is 61.5 Å². The third kappa shape index (κ3) is 7.36. The molecule has 1 N–H and O–H groups in total. The number of nitrogens with zero attached hydrogens (tertiary/aromatic N) is 2. The molecule has 3 rings (SSSR count). The maximum Gasteiger partial charge on any atom is 0.264 e. The quantitative estimate of drug-likeness (QED) is 0.377. The minimum atomic E-state index is -4.09. The van der Waals surface area contributed by atoms with Gasteiger partial charge in [0.05, 0.1) is 10.6 Å². The van der Waals surface area contributed by atoms with Crippen LogP contribution >= 0.6 is 11.6 Å². The van der Waals surface area contributed by atoms with Crippen molar-refractivity contribution >= 4 is 39.1 Å². The molecule has 0 fully saturated rings. The van der Waals surface area contributed by atoms with Gasteiger partial charge in [-0.05, 0) is 87.7 Å². The van der Waals surface area contributed by atoms with E-state index in [0.717, 1.165) is 21.0 Å². The summed E-state index contributed by atoms with van der Waals surface area (Å²) < 4.78 is 28.8. The first-order valence-corrected chi connectivity index (χ1v) is 14.2. The molecular formula is C29H34ClN3O4S. The van der Waals surface area contributed by atoms with E-state index in [1.807, 2.05) is 33.8 Å². The number of anilines is 1. The monoisotopic (exact) mass is 555 g/mol. The summed E-state index contributed by atoms with van der Waals surface area (Å²) in [5, 5.41) is 3.39. The SMILES string of the molecule is Cc1cc(C)cc(N(CC(=O)N(Cc2ccc(Cl)cc2)[C@H](C)C(=O)NC(C)C)S(=O)(=O)c2ccccc2)c1. The van der Waals surface area contributed by atoms with E-state index in [9.17, 15) is 18.0 Å². The molecule has 202 valence electrons. The smallest absolute Gasteiger partial charge is 0.264 e. The predicted molar refractivity (Wildman–Crippen MR) is 152 cm³/mol. The number of aryl methyl sites for hydroxylation is 2. The summed E-state index contributed by atoms with van der Waals surface area (Å²) in [6.45, 7) is 8.68. The van der Waals surface area contributed by atoms with Gasteiger partial charge in [0.15, 0.2) is 0 Å². The molecule has 0 radical (unpaired) electrons. The Bertz CT molecular complexity index is 1360. The largest absolute Gasteiger partial charge is 0.352 e. The number of carbonyl (C=O) groups is 2. The number of benzene rings is 3. The standard InChI is InChI=1S/C29H34ClN3O4S/c1-20(2)31-29(35)23(5)32(18-24-11-13-25(30)14-12-24)28(34)19-33(26-16-21(3)15-22(4)17-26)38(36,37)27-9-7-6-8-10-27/h6-17,20,23H,18-19H2,1-5H3,(H,31,35)/t23-/m1/s1. The first kappa shape index (κ1) is 29.2. The zero-order chi connectivity index (χ0) is 28.0.